The number of nitrogens with zero attached hydrogens (tertiary/aromatic N) is 2. The summed E-state index contributed by atoms with van der Waals surface area (Å²) in [4.78, 5) is 15.7. The Balaban J connectivity index is 2.51. The molecule has 0 saturated heterocycles. The van der Waals surface area contributed by atoms with Crippen LogP contribution in [0.25, 0.3) is 0 Å². The normalized spacial score (nSPS) is 12.1. The number of thioether (sulfide) groups is 1. The predicted molar refractivity (Wildman–Crippen MR) is 68.9 cm³/mol. The molecule has 0 saturated carbocycles. The highest BCUT2D eigenvalue weighted by Gasteiger charge is 2.16. The van der Waals surface area contributed by atoms with Crippen molar-refractivity contribution >= 4 is 17.5 Å². The van der Waals surface area contributed by atoms with E-state index in [2.05, 4.69) is 30.9 Å². The fourth-order valence-electron chi connectivity index (χ4n) is 1.05. The molecule has 0 bridgehead atoms. The van der Waals surface area contributed by atoms with Crippen molar-refractivity contribution in [2.75, 3.05) is 0 Å². The van der Waals surface area contributed by atoms with E-state index in [-0.39, 0.29) is 22.9 Å². The molecule has 0 atom stereocenters. The quantitative estimate of drug-likeness (QED) is 0.810. The molecule has 0 radical (unpaired) electrons. The molecule has 0 amide bonds. The van der Waals surface area contributed by atoms with Gasteiger partial charge in [0, 0.05) is 10.7 Å². The Labute approximate surface area is 107 Å². The Bertz CT molecular complexity index is 380. The zero-order valence-electron chi connectivity index (χ0n) is 11.1. The van der Waals surface area contributed by atoms with Gasteiger partial charge in [0.05, 0.1) is 12.2 Å². The van der Waals surface area contributed by atoms with Crippen molar-refractivity contribution in [3.8, 4) is 0 Å². The summed E-state index contributed by atoms with van der Waals surface area (Å²) in [6.45, 7) is 10.2. The van der Waals surface area contributed by atoms with Gasteiger partial charge in [-0.3, -0.25) is 4.79 Å². The third kappa shape index (κ3) is 5.35. The van der Waals surface area contributed by atoms with Gasteiger partial charge in [-0.1, -0.05) is 39.8 Å². The van der Waals surface area contributed by atoms with Crippen LogP contribution in [0.2, 0.25) is 0 Å². The van der Waals surface area contributed by atoms with Crippen molar-refractivity contribution in [2.45, 2.75) is 51.5 Å². The lowest BCUT2D eigenvalue weighted by Crippen LogP contribution is -2.10. The van der Waals surface area contributed by atoms with E-state index in [9.17, 15) is 4.79 Å². The molecule has 0 aromatic carbocycles. The van der Waals surface area contributed by atoms with Gasteiger partial charge in [-0.25, -0.2) is 0 Å². The van der Waals surface area contributed by atoms with E-state index in [1.165, 1.54) is 0 Å². The van der Waals surface area contributed by atoms with Crippen LogP contribution in [0, 0.1) is 5.92 Å². The molecule has 0 aliphatic carbocycles. The summed E-state index contributed by atoms with van der Waals surface area (Å²) in [5, 5.41) is 3.87. The van der Waals surface area contributed by atoms with Crippen LogP contribution in [0.5, 0.6) is 0 Å². The van der Waals surface area contributed by atoms with Crippen molar-refractivity contribution in [3.63, 3.8) is 0 Å². The highest BCUT2D eigenvalue weighted by molar-refractivity contribution is 7.99. The van der Waals surface area contributed by atoms with Crippen molar-refractivity contribution in [1.82, 2.24) is 10.1 Å². The van der Waals surface area contributed by atoms with Crippen LogP contribution in [-0.4, -0.2) is 20.7 Å². The summed E-state index contributed by atoms with van der Waals surface area (Å²) in [5.74, 6) is 1.94. The molecule has 0 aliphatic rings. The number of carbonyl (C=O) groups is 1. The molecule has 0 fully saturated rings. The Morgan fingerprint density at radius 2 is 2.06 bits per heavy atom. The molecule has 0 unspecified atom stereocenters. The van der Waals surface area contributed by atoms with Gasteiger partial charge in [-0.2, -0.15) is 4.98 Å². The summed E-state index contributed by atoms with van der Waals surface area (Å²) >= 11 is 1.76. The first-order chi connectivity index (χ1) is 7.78. The SMILES string of the molecule is CC(C)C(=O)Cc1nc(CSC(C)(C)C)no1. The number of hydrogen-bond acceptors (Lipinski definition) is 5. The maximum Gasteiger partial charge on any atom is 0.234 e. The van der Waals surface area contributed by atoms with Crippen molar-refractivity contribution in [1.29, 1.82) is 0 Å². The molecule has 0 aliphatic heterocycles. The lowest BCUT2D eigenvalue weighted by atomic mass is 10.1. The van der Waals surface area contributed by atoms with Gasteiger partial charge < -0.3 is 4.52 Å². The van der Waals surface area contributed by atoms with Gasteiger partial charge >= 0.3 is 0 Å². The van der Waals surface area contributed by atoms with Crippen LogP contribution >= 0.6 is 11.8 Å². The number of Topliss-reactive ketones (excluding diaryl/α,β-unsaturated/α-hetero) is 1. The van der Waals surface area contributed by atoms with Gasteiger partial charge in [-0.05, 0) is 0 Å². The fraction of sp³-hybridized carbons (Fsp3) is 0.750. The maximum atomic E-state index is 11.5. The summed E-state index contributed by atoms with van der Waals surface area (Å²) in [7, 11) is 0. The summed E-state index contributed by atoms with van der Waals surface area (Å²) in [6, 6.07) is 0. The second-order valence-electron chi connectivity index (χ2n) is 5.30. The number of carbonyl (C=O) groups excluding carboxylic acids is 1. The zero-order chi connectivity index (χ0) is 13.1. The molecule has 4 nitrogen and oxygen atoms in total. The van der Waals surface area contributed by atoms with E-state index in [0.717, 1.165) is 0 Å². The molecule has 1 rings (SSSR count). The van der Waals surface area contributed by atoms with Crippen LogP contribution in [0.3, 0.4) is 0 Å². The van der Waals surface area contributed by atoms with E-state index >= 15 is 0 Å². The predicted octanol–water partition coefficient (Wildman–Crippen LogP) is 2.87. The Morgan fingerprint density at radius 1 is 1.41 bits per heavy atom. The summed E-state index contributed by atoms with van der Waals surface area (Å²) in [6.07, 6.45) is 0.241. The summed E-state index contributed by atoms with van der Waals surface area (Å²) < 4.78 is 5.23. The average Bonchev–Trinajstić information content (AvgIpc) is 2.61. The number of ketones is 1. The average molecular weight is 256 g/mol. The Morgan fingerprint density at radius 3 is 2.59 bits per heavy atom. The minimum absolute atomic E-state index is 0.00861. The molecule has 5 heteroatoms. The van der Waals surface area contributed by atoms with E-state index in [4.69, 9.17) is 4.52 Å². The number of aromatic nitrogens is 2. The molecule has 1 aromatic rings. The van der Waals surface area contributed by atoms with Crippen LogP contribution in [0.1, 0.15) is 46.3 Å². The van der Waals surface area contributed by atoms with Gasteiger partial charge in [-0.15, -0.1) is 11.8 Å². The van der Waals surface area contributed by atoms with Crippen molar-refractivity contribution < 1.29 is 9.32 Å². The van der Waals surface area contributed by atoms with Crippen LogP contribution in [0.4, 0.5) is 0 Å². The van der Waals surface area contributed by atoms with Gasteiger partial charge in [0.25, 0.3) is 0 Å². The summed E-state index contributed by atoms with van der Waals surface area (Å²) in [5.41, 5.74) is 0. The molecule has 96 valence electrons. The third-order valence-corrected chi connectivity index (χ3v) is 3.38. The smallest absolute Gasteiger partial charge is 0.234 e. The molecule has 1 aromatic heterocycles. The Kier molecular flexibility index (Phi) is 4.74. The first kappa shape index (κ1) is 14.2. The minimum Gasteiger partial charge on any atom is -0.339 e. The highest BCUT2D eigenvalue weighted by Crippen LogP contribution is 2.26. The fourth-order valence-corrected chi connectivity index (χ4v) is 1.73. The van der Waals surface area contributed by atoms with Gasteiger partial charge in [0.1, 0.15) is 5.78 Å². The largest absolute Gasteiger partial charge is 0.339 e. The topological polar surface area (TPSA) is 56.0 Å². The van der Waals surface area contributed by atoms with Crippen molar-refractivity contribution in [2.24, 2.45) is 5.92 Å². The van der Waals surface area contributed by atoms with E-state index in [0.29, 0.717) is 17.5 Å². The highest BCUT2D eigenvalue weighted by atomic mass is 32.2. The standard InChI is InChI=1S/C12H20N2O2S/c1-8(2)9(15)6-11-13-10(14-16-11)7-17-12(3,4)5/h8H,6-7H2,1-5H3. The van der Waals surface area contributed by atoms with Crippen LogP contribution < -0.4 is 0 Å². The Hall–Kier alpha value is -0.840. The van der Waals surface area contributed by atoms with Crippen LogP contribution in [0.15, 0.2) is 4.52 Å². The first-order valence-electron chi connectivity index (χ1n) is 5.76. The first-order valence-corrected chi connectivity index (χ1v) is 6.74. The molecule has 1 heterocycles. The zero-order valence-corrected chi connectivity index (χ0v) is 11.9. The number of rotatable bonds is 5. The third-order valence-electron chi connectivity index (χ3n) is 2.11. The van der Waals surface area contributed by atoms with Crippen LogP contribution in [-0.2, 0) is 17.0 Å². The van der Waals surface area contributed by atoms with Crippen molar-refractivity contribution in [3.05, 3.63) is 11.7 Å². The lowest BCUT2D eigenvalue weighted by Gasteiger charge is -2.15. The maximum absolute atomic E-state index is 11.5. The molecular formula is C12H20N2O2S. The van der Waals surface area contributed by atoms with Gasteiger partial charge in [0.2, 0.25) is 5.89 Å². The number of hydrogen-bond donors (Lipinski definition) is 0. The van der Waals surface area contributed by atoms with Gasteiger partial charge in [0.15, 0.2) is 5.82 Å². The second kappa shape index (κ2) is 5.67. The molecule has 0 spiro atoms. The van der Waals surface area contributed by atoms with E-state index < -0.39 is 0 Å². The monoisotopic (exact) mass is 256 g/mol. The van der Waals surface area contributed by atoms with E-state index in [1.54, 1.807) is 11.8 Å². The van der Waals surface area contributed by atoms with E-state index in [1.807, 2.05) is 13.8 Å². The lowest BCUT2D eigenvalue weighted by molar-refractivity contribution is -0.121. The molecular weight excluding hydrogens is 236 g/mol. The molecule has 0 N–H and O–H groups in total. The molecule has 17 heavy (non-hydrogen) atoms. The second-order valence-corrected chi connectivity index (χ2v) is 7.11. The minimum atomic E-state index is 0.00861.